The Hall–Kier alpha value is -1.09. The van der Waals surface area contributed by atoms with E-state index >= 15 is 0 Å². The number of likely N-dealkylation sites (N-methyl/N-ethyl adjacent to an activating group) is 1. The van der Waals surface area contributed by atoms with E-state index in [1.165, 1.54) is 0 Å². The van der Waals surface area contributed by atoms with Crippen molar-refractivity contribution in [2.24, 2.45) is 0 Å². The van der Waals surface area contributed by atoms with Gasteiger partial charge in [0, 0.05) is 44.1 Å². The highest BCUT2D eigenvalue weighted by atomic mass is 79.9. The summed E-state index contributed by atoms with van der Waals surface area (Å²) in [6.45, 7) is 1.78. The molecule has 1 heterocycles. The van der Waals surface area contributed by atoms with Gasteiger partial charge in [0.05, 0.1) is 22.9 Å². The molecule has 4 nitrogen and oxygen atoms in total. The zero-order valence-electron chi connectivity index (χ0n) is 10.9. The Kier molecular flexibility index (Phi) is 4.46. The van der Waals surface area contributed by atoms with Gasteiger partial charge in [0.15, 0.2) is 0 Å². The third-order valence-electron chi connectivity index (χ3n) is 3.44. The molecule has 0 atom stereocenters. The van der Waals surface area contributed by atoms with Crippen molar-refractivity contribution < 1.29 is 9.84 Å². The van der Waals surface area contributed by atoms with Crippen LogP contribution in [0.4, 0.5) is 5.69 Å². The Morgan fingerprint density at radius 2 is 2.16 bits per heavy atom. The summed E-state index contributed by atoms with van der Waals surface area (Å²) in [5, 5.41) is 19.4. The van der Waals surface area contributed by atoms with Crippen molar-refractivity contribution in [3.63, 3.8) is 0 Å². The van der Waals surface area contributed by atoms with Crippen LogP contribution in [0.2, 0.25) is 0 Å². The molecule has 5 heteroatoms. The normalized spacial score (nSPS) is 17.8. The van der Waals surface area contributed by atoms with Gasteiger partial charge in [-0.05, 0) is 34.1 Å². The number of halogens is 1. The first-order valence-corrected chi connectivity index (χ1v) is 7.04. The standard InChI is InChI=1S/C14H17BrN2O2/c1-17(10-14(18)4-6-19-7-5-14)13-3-2-11(9-16)8-12(13)15/h2-3,8,18H,4-7,10H2,1H3. The van der Waals surface area contributed by atoms with Crippen molar-refractivity contribution in [1.82, 2.24) is 0 Å². The van der Waals surface area contributed by atoms with E-state index in [9.17, 15) is 5.11 Å². The molecular weight excluding hydrogens is 308 g/mol. The van der Waals surface area contributed by atoms with Crippen LogP contribution in [0.3, 0.4) is 0 Å². The third kappa shape index (κ3) is 3.47. The molecule has 1 aromatic rings. The van der Waals surface area contributed by atoms with Gasteiger partial charge in [-0.3, -0.25) is 0 Å². The minimum Gasteiger partial charge on any atom is -0.388 e. The topological polar surface area (TPSA) is 56.5 Å². The Balaban J connectivity index is 2.11. The number of hydrogen-bond donors (Lipinski definition) is 1. The Morgan fingerprint density at radius 1 is 1.47 bits per heavy atom. The lowest BCUT2D eigenvalue weighted by atomic mass is 9.94. The van der Waals surface area contributed by atoms with E-state index < -0.39 is 5.60 Å². The number of rotatable bonds is 3. The SMILES string of the molecule is CN(CC1(O)CCOCC1)c1ccc(C#N)cc1Br. The van der Waals surface area contributed by atoms with Gasteiger partial charge in [-0.15, -0.1) is 0 Å². The predicted octanol–water partition coefficient (Wildman–Crippen LogP) is 2.30. The first-order chi connectivity index (χ1) is 9.04. The van der Waals surface area contributed by atoms with Crippen molar-refractivity contribution >= 4 is 21.6 Å². The van der Waals surface area contributed by atoms with Crippen LogP contribution < -0.4 is 4.90 Å². The number of ether oxygens (including phenoxy) is 1. The fourth-order valence-electron chi connectivity index (χ4n) is 2.32. The monoisotopic (exact) mass is 324 g/mol. The summed E-state index contributed by atoms with van der Waals surface area (Å²) in [5.74, 6) is 0. The Bertz CT molecular complexity index is 493. The van der Waals surface area contributed by atoms with Crippen LogP contribution in [0.15, 0.2) is 22.7 Å². The summed E-state index contributed by atoms with van der Waals surface area (Å²) < 4.78 is 6.15. The zero-order chi connectivity index (χ0) is 13.9. The smallest absolute Gasteiger partial charge is 0.0992 e. The van der Waals surface area contributed by atoms with Crippen LogP contribution >= 0.6 is 15.9 Å². The fourth-order valence-corrected chi connectivity index (χ4v) is 3.00. The van der Waals surface area contributed by atoms with Crippen LogP contribution in [0, 0.1) is 11.3 Å². The number of anilines is 1. The summed E-state index contributed by atoms with van der Waals surface area (Å²) in [4.78, 5) is 2.01. The number of hydrogen-bond acceptors (Lipinski definition) is 4. The molecule has 0 amide bonds. The molecule has 1 aliphatic heterocycles. The molecule has 1 aromatic carbocycles. The summed E-state index contributed by atoms with van der Waals surface area (Å²) in [6, 6.07) is 7.58. The van der Waals surface area contributed by atoms with E-state index in [1.807, 2.05) is 18.0 Å². The summed E-state index contributed by atoms with van der Waals surface area (Å²) in [6.07, 6.45) is 1.32. The van der Waals surface area contributed by atoms with Gasteiger partial charge < -0.3 is 14.7 Å². The minimum atomic E-state index is -0.694. The molecule has 0 aromatic heterocycles. The maximum Gasteiger partial charge on any atom is 0.0992 e. The number of benzene rings is 1. The molecule has 19 heavy (non-hydrogen) atoms. The molecular formula is C14H17BrN2O2. The van der Waals surface area contributed by atoms with Crippen LogP contribution in [0.1, 0.15) is 18.4 Å². The quantitative estimate of drug-likeness (QED) is 0.926. The second-order valence-electron chi connectivity index (χ2n) is 4.97. The highest BCUT2D eigenvalue weighted by molar-refractivity contribution is 9.10. The third-order valence-corrected chi connectivity index (χ3v) is 4.08. The van der Waals surface area contributed by atoms with Crippen molar-refractivity contribution in [2.75, 3.05) is 31.7 Å². The first kappa shape index (κ1) is 14.3. The van der Waals surface area contributed by atoms with E-state index in [-0.39, 0.29) is 0 Å². The summed E-state index contributed by atoms with van der Waals surface area (Å²) in [7, 11) is 1.94. The average Bonchev–Trinajstić information content (AvgIpc) is 2.38. The van der Waals surface area contributed by atoms with Crippen molar-refractivity contribution in [3.05, 3.63) is 28.2 Å². The Morgan fingerprint density at radius 3 is 2.74 bits per heavy atom. The van der Waals surface area contributed by atoms with E-state index in [0.717, 1.165) is 10.2 Å². The molecule has 0 saturated carbocycles. The van der Waals surface area contributed by atoms with Gasteiger partial charge in [-0.2, -0.15) is 5.26 Å². The number of nitriles is 1. The largest absolute Gasteiger partial charge is 0.388 e. The molecule has 0 aliphatic carbocycles. The molecule has 1 N–H and O–H groups in total. The Labute approximate surface area is 121 Å². The lowest BCUT2D eigenvalue weighted by Gasteiger charge is -2.36. The maximum absolute atomic E-state index is 10.5. The van der Waals surface area contributed by atoms with Crippen LogP contribution in [0.25, 0.3) is 0 Å². The molecule has 1 aliphatic rings. The van der Waals surface area contributed by atoms with Crippen LogP contribution in [-0.2, 0) is 4.74 Å². The van der Waals surface area contributed by atoms with E-state index in [2.05, 4.69) is 22.0 Å². The zero-order valence-corrected chi connectivity index (χ0v) is 12.5. The van der Waals surface area contributed by atoms with Gasteiger partial charge in [-0.25, -0.2) is 0 Å². The first-order valence-electron chi connectivity index (χ1n) is 6.25. The molecule has 2 rings (SSSR count). The molecule has 102 valence electrons. The second-order valence-corrected chi connectivity index (χ2v) is 5.83. The van der Waals surface area contributed by atoms with E-state index in [1.54, 1.807) is 12.1 Å². The second kappa shape index (κ2) is 5.91. The van der Waals surface area contributed by atoms with E-state index in [0.29, 0.717) is 38.2 Å². The van der Waals surface area contributed by atoms with Crippen molar-refractivity contribution in [2.45, 2.75) is 18.4 Å². The molecule has 0 unspecified atom stereocenters. The van der Waals surface area contributed by atoms with Gasteiger partial charge in [0.25, 0.3) is 0 Å². The van der Waals surface area contributed by atoms with E-state index in [4.69, 9.17) is 10.00 Å². The van der Waals surface area contributed by atoms with Gasteiger partial charge in [0.2, 0.25) is 0 Å². The van der Waals surface area contributed by atoms with Gasteiger partial charge in [0.1, 0.15) is 0 Å². The van der Waals surface area contributed by atoms with Gasteiger partial charge >= 0.3 is 0 Å². The number of nitrogens with zero attached hydrogens (tertiary/aromatic N) is 2. The predicted molar refractivity (Wildman–Crippen MR) is 77.1 cm³/mol. The van der Waals surface area contributed by atoms with Gasteiger partial charge in [-0.1, -0.05) is 0 Å². The van der Waals surface area contributed by atoms with Crippen molar-refractivity contribution in [1.29, 1.82) is 5.26 Å². The lowest BCUT2D eigenvalue weighted by Crippen LogP contribution is -2.45. The molecule has 0 bridgehead atoms. The highest BCUT2D eigenvalue weighted by Crippen LogP contribution is 2.29. The average molecular weight is 325 g/mol. The van der Waals surface area contributed by atoms with Crippen LogP contribution in [0.5, 0.6) is 0 Å². The molecule has 0 radical (unpaired) electrons. The molecule has 0 spiro atoms. The summed E-state index contributed by atoms with van der Waals surface area (Å²) >= 11 is 3.47. The minimum absolute atomic E-state index is 0.556. The fraction of sp³-hybridized carbons (Fsp3) is 0.500. The highest BCUT2D eigenvalue weighted by Gasteiger charge is 2.31. The molecule has 1 saturated heterocycles. The van der Waals surface area contributed by atoms with Crippen LogP contribution in [-0.4, -0.2) is 37.5 Å². The molecule has 1 fully saturated rings. The lowest BCUT2D eigenvalue weighted by molar-refractivity contribution is -0.0572. The van der Waals surface area contributed by atoms with Crippen molar-refractivity contribution in [3.8, 4) is 6.07 Å². The maximum atomic E-state index is 10.5. The number of aliphatic hydroxyl groups is 1. The summed E-state index contributed by atoms with van der Waals surface area (Å²) in [5.41, 5.74) is 0.896.